The van der Waals surface area contributed by atoms with Gasteiger partial charge in [0.25, 0.3) is 0 Å². The van der Waals surface area contributed by atoms with Crippen LogP contribution < -0.4 is 0 Å². The summed E-state index contributed by atoms with van der Waals surface area (Å²) in [6.45, 7) is 9.59. The van der Waals surface area contributed by atoms with E-state index >= 15 is 0 Å². The first-order chi connectivity index (χ1) is 6.65. The second-order valence-corrected chi connectivity index (χ2v) is 3.96. The number of hydrogen-bond donors (Lipinski definition) is 0. The fourth-order valence-electron chi connectivity index (χ4n) is 1.71. The Kier molecular flexibility index (Phi) is 3.87. The summed E-state index contributed by atoms with van der Waals surface area (Å²) in [5.41, 5.74) is 2.19. The van der Waals surface area contributed by atoms with Crippen molar-refractivity contribution in [2.45, 2.75) is 32.6 Å². The number of rotatable bonds is 5. The summed E-state index contributed by atoms with van der Waals surface area (Å²) in [4.78, 5) is 11.6. The molecule has 0 aromatic carbocycles. The van der Waals surface area contributed by atoms with E-state index in [1.165, 1.54) is 5.57 Å². The lowest BCUT2D eigenvalue weighted by molar-refractivity contribution is -0.115. The van der Waals surface area contributed by atoms with Crippen LogP contribution in [-0.4, -0.2) is 5.78 Å². The van der Waals surface area contributed by atoms with Gasteiger partial charge in [-0.15, -0.1) is 6.58 Å². The molecule has 0 spiro atoms. The molecule has 0 saturated carbocycles. The molecule has 0 heterocycles. The maximum absolute atomic E-state index is 11.6. The largest absolute Gasteiger partial charge is 0.295 e. The molecule has 0 radical (unpaired) electrons. The molecule has 0 aromatic rings. The van der Waals surface area contributed by atoms with Crippen molar-refractivity contribution in [3.8, 4) is 0 Å². The third kappa shape index (κ3) is 2.69. The van der Waals surface area contributed by atoms with E-state index in [1.54, 1.807) is 6.08 Å². The zero-order valence-electron chi connectivity index (χ0n) is 8.88. The number of Topliss-reactive ketones (excluding diaryl/α,β-unsaturated/α-hetero) is 1. The standard InChI is InChI=1S/C13H18O/c1-4-5-6-13(14)12-8-7-11(9-12)10(2)3/h4,8,11H,1-2,5-7,9H2,3H3/t11-/m1/s1. The highest BCUT2D eigenvalue weighted by molar-refractivity contribution is 5.95. The molecule has 76 valence electrons. The Hall–Kier alpha value is -1.11. The highest BCUT2D eigenvalue weighted by Crippen LogP contribution is 2.30. The zero-order chi connectivity index (χ0) is 10.6. The molecule has 0 aliphatic heterocycles. The molecule has 1 rings (SSSR count). The van der Waals surface area contributed by atoms with E-state index in [4.69, 9.17) is 0 Å². The average molecular weight is 190 g/mol. The highest BCUT2D eigenvalue weighted by Gasteiger charge is 2.21. The van der Waals surface area contributed by atoms with Gasteiger partial charge in [-0.1, -0.05) is 24.3 Å². The molecule has 0 N–H and O–H groups in total. The van der Waals surface area contributed by atoms with E-state index in [1.807, 2.05) is 6.92 Å². The Labute approximate surface area is 86.2 Å². The predicted octanol–water partition coefficient (Wildman–Crippen LogP) is 3.43. The van der Waals surface area contributed by atoms with E-state index in [-0.39, 0.29) is 5.78 Å². The molecule has 1 aliphatic rings. The van der Waals surface area contributed by atoms with Crippen molar-refractivity contribution in [2.24, 2.45) is 5.92 Å². The number of carbonyl (C=O) groups is 1. The quantitative estimate of drug-likeness (QED) is 0.607. The van der Waals surface area contributed by atoms with Gasteiger partial charge in [-0.2, -0.15) is 0 Å². The lowest BCUT2D eigenvalue weighted by Crippen LogP contribution is -2.02. The smallest absolute Gasteiger partial charge is 0.158 e. The van der Waals surface area contributed by atoms with Gasteiger partial charge in [0.15, 0.2) is 5.78 Å². The minimum Gasteiger partial charge on any atom is -0.295 e. The van der Waals surface area contributed by atoms with Gasteiger partial charge < -0.3 is 0 Å². The van der Waals surface area contributed by atoms with Crippen LogP contribution in [0, 0.1) is 5.92 Å². The van der Waals surface area contributed by atoms with Crippen LogP contribution in [0.15, 0.2) is 36.5 Å². The number of hydrogen-bond acceptors (Lipinski definition) is 1. The van der Waals surface area contributed by atoms with Crippen LogP contribution >= 0.6 is 0 Å². The SMILES string of the molecule is C=CCCC(=O)C1=CC[C@@H](C(=C)C)C1. The van der Waals surface area contributed by atoms with E-state index < -0.39 is 0 Å². The summed E-state index contributed by atoms with van der Waals surface area (Å²) in [5.74, 6) is 0.784. The number of ketones is 1. The van der Waals surface area contributed by atoms with Crippen LogP contribution in [0.1, 0.15) is 32.6 Å². The average Bonchev–Trinajstić information content (AvgIpc) is 2.62. The Bertz CT molecular complexity index is 284. The first kappa shape index (κ1) is 11.0. The third-order valence-corrected chi connectivity index (χ3v) is 2.75. The van der Waals surface area contributed by atoms with E-state index in [0.717, 1.165) is 24.8 Å². The predicted molar refractivity (Wildman–Crippen MR) is 60.1 cm³/mol. The van der Waals surface area contributed by atoms with Crippen molar-refractivity contribution in [3.05, 3.63) is 36.5 Å². The van der Waals surface area contributed by atoms with E-state index in [9.17, 15) is 4.79 Å². The summed E-state index contributed by atoms with van der Waals surface area (Å²) in [7, 11) is 0. The molecule has 0 amide bonds. The molecule has 14 heavy (non-hydrogen) atoms. The summed E-state index contributed by atoms with van der Waals surface area (Å²) in [6.07, 6.45) is 7.15. The van der Waals surface area contributed by atoms with Gasteiger partial charge in [-0.25, -0.2) is 0 Å². The van der Waals surface area contributed by atoms with Gasteiger partial charge in [0.05, 0.1) is 0 Å². The third-order valence-electron chi connectivity index (χ3n) is 2.75. The highest BCUT2D eigenvalue weighted by atomic mass is 16.1. The summed E-state index contributed by atoms with van der Waals surface area (Å²) in [6, 6.07) is 0. The van der Waals surface area contributed by atoms with E-state index in [2.05, 4.69) is 19.2 Å². The summed E-state index contributed by atoms with van der Waals surface area (Å²) < 4.78 is 0. The minimum atomic E-state index is 0.286. The first-order valence-electron chi connectivity index (χ1n) is 5.13. The fraction of sp³-hybridized carbons (Fsp3) is 0.462. The molecule has 0 bridgehead atoms. The second-order valence-electron chi connectivity index (χ2n) is 3.96. The van der Waals surface area contributed by atoms with Gasteiger partial charge in [0.1, 0.15) is 0 Å². The zero-order valence-corrected chi connectivity index (χ0v) is 8.88. The lowest BCUT2D eigenvalue weighted by Gasteiger charge is -2.08. The van der Waals surface area contributed by atoms with Crippen molar-refractivity contribution < 1.29 is 4.79 Å². The maximum Gasteiger partial charge on any atom is 0.158 e. The molecule has 1 heteroatoms. The van der Waals surface area contributed by atoms with Gasteiger partial charge in [-0.3, -0.25) is 4.79 Å². The molecular weight excluding hydrogens is 172 g/mol. The van der Waals surface area contributed by atoms with Crippen LogP contribution in [0.2, 0.25) is 0 Å². The number of allylic oxidation sites excluding steroid dienone is 4. The normalized spacial score (nSPS) is 20.4. The molecule has 0 unspecified atom stereocenters. The Morgan fingerprint density at radius 3 is 2.93 bits per heavy atom. The van der Waals surface area contributed by atoms with Crippen molar-refractivity contribution in [3.63, 3.8) is 0 Å². The topological polar surface area (TPSA) is 17.1 Å². The van der Waals surface area contributed by atoms with Crippen molar-refractivity contribution in [2.75, 3.05) is 0 Å². The summed E-state index contributed by atoms with van der Waals surface area (Å²) in [5, 5.41) is 0. The van der Waals surface area contributed by atoms with E-state index in [0.29, 0.717) is 12.3 Å². The van der Waals surface area contributed by atoms with Crippen LogP contribution in [0.4, 0.5) is 0 Å². The summed E-state index contributed by atoms with van der Waals surface area (Å²) >= 11 is 0. The Morgan fingerprint density at radius 2 is 2.43 bits per heavy atom. The van der Waals surface area contributed by atoms with Crippen molar-refractivity contribution in [1.82, 2.24) is 0 Å². The van der Waals surface area contributed by atoms with Crippen LogP contribution in [0.3, 0.4) is 0 Å². The van der Waals surface area contributed by atoms with Crippen LogP contribution in [0.25, 0.3) is 0 Å². The Morgan fingerprint density at radius 1 is 1.71 bits per heavy atom. The second kappa shape index (κ2) is 4.94. The first-order valence-corrected chi connectivity index (χ1v) is 5.13. The molecular formula is C13H18O. The molecule has 0 saturated heterocycles. The van der Waals surface area contributed by atoms with Crippen LogP contribution in [-0.2, 0) is 4.79 Å². The van der Waals surface area contributed by atoms with Crippen molar-refractivity contribution in [1.29, 1.82) is 0 Å². The van der Waals surface area contributed by atoms with Crippen molar-refractivity contribution >= 4 is 5.78 Å². The Balaban J connectivity index is 2.44. The minimum absolute atomic E-state index is 0.286. The van der Waals surface area contributed by atoms with Gasteiger partial charge >= 0.3 is 0 Å². The molecule has 1 atom stereocenters. The molecule has 1 aliphatic carbocycles. The maximum atomic E-state index is 11.6. The molecule has 0 aromatic heterocycles. The van der Waals surface area contributed by atoms with Gasteiger partial charge in [0, 0.05) is 6.42 Å². The van der Waals surface area contributed by atoms with Gasteiger partial charge in [0.2, 0.25) is 0 Å². The van der Waals surface area contributed by atoms with Gasteiger partial charge in [-0.05, 0) is 37.7 Å². The monoisotopic (exact) mass is 190 g/mol. The lowest BCUT2D eigenvalue weighted by atomic mass is 9.96. The van der Waals surface area contributed by atoms with Crippen LogP contribution in [0.5, 0.6) is 0 Å². The molecule has 1 nitrogen and oxygen atoms in total. The fourth-order valence-corrected chi connectivity index (χ4v) is 1.71. The molecule has 0 fully saturated rings. The number of carbonyl (C=O) groups excluding carboxylic acids is 1.